The van der Waals surface area contributed by atoms with E-state index >= 15 is 0 Å². The van der Waals surface area contributed by atoms with E-state index in [0.29, 0.717) is 4.88 Å². The van der Waals surface area contributed by atoms with E-state index in [0.717, 1.165) is 73.0 Å². The van der Waals surface area contributed by atoms with Gasteiger partial charge in [0.25, 0.3) is 5.91 Å². The second-order valence-electron chi connectivity index (χ2n) is 8.73. The number of carbonyl (C=O) groups is 1. The van der Waals surface area contributed by atoms with E-state index in [1.807, 2.05) is 40.7 Å². The number of hydrogen-bond acceptors (Lipinski definition) is 6. The van der Waals surface area contributed by atoms with Crippen LogP contribution in [0.2, 0.25) is 0 Å². The predicted molar refractivity (Wildman–Crippen MR) is 124 cm³/mol. The van der Waals surface area contributed by atoms with Gasteiger partial charge < -0.3 is 11.1 Å². The van der Waals surface area contributed by atoms with Crippen LogP contribution in [0.3, 0.4) is 0 Å². The molecule has 4 aromatic rings. The number of fused-ring (bicyclic) bond motifs is 2. The highest BCUT2D eigenvalue weighted by Crippen LogP contribution is 2.31. The van der Waals surface area contributed by atoms with Gasteiger partial charge in [0.2, 0.25) is 0 Å². The Balaban J connectivity index is 1.25. The van der Waals surface area contributed by atoms with Crippen LogP contribution in [0.4, 0.5) is 0 Å². The second kappa shape index (κ2) is 7.83. The van der Waals surface area contributed by atoms with Crippen molar-refractivity contribution < 1.29 is 4.79 Å². The second-order valence-corrected chi connectivity index (χ2v) is 9.64. The quantitative estimate of drug-likeness (QED) is 0.500. The molecule has 8 nitrogen and oxygen atoms in total. The van der Waals surface area contributed by atoms with Crippen LogP contribution in [-0.4, -0.2) is 42.4 Å². The third-order valence-corrected chi connectivity index (χ3v) is 7.60. The fraction of sp³-hybridized carbons (Fsp3) is 0.391. The van der Waals surface area contributed by atoms with E-state index in [1.54, 1.807) is 0 Å². The van der Waals surface area contributed by atoms with E-state index in [1.165, 1.54) is 17.0 Å². The lowest BCUT2D eigenvalue weighted by Gasteiger charge is -2.29. The number of amides is 1. The summed E-state index contributed by atoms with van der Waals surface area (Å²) in [6.07, 6.45) is 14.0. The number of carbonyl (C=O) groups excluding carboxylic acids is 1. The lowest BCUT2D eigenvalue weighted by molar-refractivity contribution is 0.0925. The van der Waals surface area contributed by atoms with Crippen molar-refractivity contribution in [2.75, 3.05) is 0 Å². The maximum Gasteiger partial charge on any atom is 0.261 e. The first-order chi connectivity index (χ1) is 15.7. The Labute approximate surface area is 189 Å². The molecule has 0 aromatic carbocycles. The summed E-state index contributed by atoms with van der Waals surface area (Å²) in [6, 6.07) is 2.03. The average Bonchev–Trinajstić information content (AvgIpc) is 3.57. The summed E-state index contributed by atoms with van der Waals surface area (Å²) in [6.45, 7) is 0.984. The number of nitrogens with zero attached hydrogens (tertiary/aromatic N) is 5. The van der Waals surface area contributed by atoms with Gasteiger partial charge in [0.1, 0.15) is 0 Å². The molecule has 9 heteroatoms. The van der Waals surface area contributed by atoms with Gasteiger partial charge in [0.15, 0.2) is 5.65 Å². The van der Waals surface area contributed by atoms with Gasteiger partial charge in [0, 0.05) is 53.4 Å². The minimum Gasteiger partial charge on any atom is -0.347 e. The van der Waals surface area contributed by atoms with Crippen LogP contribution in [-0.2, 0) is 13.0 Å². The molecule has 0 radical (unpaired) electrons. The normalized spacial score (nSPS) is 20.5. The first-order valence-electron chi connectivity index (χ1n) is 11.2. The molecule has 5 heterocycles. The molecular weight excluding hydrogens is 422 g/mol. The Morgan fingerprint density at radius 1 is 1.09 bits per heavy atom. The number of aromatic nitrogens is 5. The Bertz CT molecular complexity index is 1300. The van der Waals surface area contributed by atoms with E-state index < -0.39 is 0 Å². The molecule has 1 fully saturated rings. The standard InChI is InChI=1S/C23H25N7OS/c24-18-4-1-2-5-19(18)28-23(31)21-8-14(13-32-21)17-11-27-30-12-15(9-25-22(17)30)16-10-26-29-7-3-6-20(16)29/h8-13,18-19H,1-7,24H2,(H,28,31). The summed E-state index contributed by atoms with van der Waals surface area (Å²) in [4.78, 5) is 18.2. The van der Waals surface area contributed by atoms with Crippen molar-refractivity contribution in [1.29, 1.82) is 0 Å². The summed E-state index contributed by atoms with van der Waals surface area (Å²) >= 11 is 1.44. The zero-order valence-electron chi connectivity index (χ0n) is 17.7. The average molecular weight is 448 g/mol. The molecule has 2 atom stereocenters. The number of nitrogens with one attached hydrogen (secondary N) is 1. The minimum atomic E-state index is -0.0506. The van der Waals surface area contributed by atoms with E-state index in [2.05, 4.69) is 20.2 Å². The van der Waals surface area contributed by atoms with Crippen molar-refractivity contribution >= 4 is 22.9 Å². The third kappa shape index (κ3) is 3.32. The lowest BCUT2D eigenvalue weighted by Crippen LogP contribution is -2.49. The highest BCUT2D eigenvalue weighted by molar-refractivity contribution is 7.12. The Morgan fingerprint density at radius 3 is 2.88 bits per heavy atom. The van der Waals surface area contributed by atoms with Crippen LogP contribution in [0.5, 0.6) is 0 Å². The first-order valence-corrected chi connectivity index (χ1v) is 12.1. The summed E-state index contributed by atoms with van der Waals surface area (Å²) in [5.74, 6) is -0.0506. The molecule has 3 N–H and O–H groups in total. The van der Waals surface area contributed by atoms with Crippen LogP contribution >= 0.6 is 11.3 Å². The molecule has 164 valence electrons. The van der Waals surface area contributed by atoms with Crippen molar-refractivity contribution in [1.82, 2.24) is 29.7 Å². The van der Waals surface area contributed by atoms with Crippen molar-refractivity contribution in [3.8, 4) is 22.3 Å². The fourth-order valence-corrected chi connectivity index (χ4v) is 5.71. The largest absolute Gasteiger partial charge is 0.347 e. The van der Waals surface area contributed by atoms with Crippen molar-refractivity contribution in [2.45, 2.75) is 57.2 Å². The molecule has 1 saturated carbocycles. The summed E-state index contributed by atoms with van der Waals surface area (Å²) in [5.41, 5.74) is 12.3. The maximum atomic E-state index is 12.8. The van der Waals surface area contributed by atoms with E-state index in [9.17, 15) is 4.79 Å². The van der Waals surface area contributed by atoms with Crippen molar-refractivity contribution in [3.05, 3.63) is 46.8 Å². The summed E-state index contributed by atoms with van der Waals surface area (Å²) < 4.78 is 3.88. The van der Waals surface area contributed by atoms with Gasteiger partial charge in [-0.05, 0) is 42.7 Å². The van der Waals surface area contributed by atoms with Gasteiger partial charge in [-0.1, -0.05) is 12.8 Å². The van der Waals surface area contributed by atoms with Gasteiger partial charge in [0.05, 0.1) is 17.3 Å². The van der Waals surface area contributed by atoms with Crippen LogP contribution < -0.4 is 11.1 Å². The lowest BCUT2D eigenvalue weighted by atomic mass is 9.91. The highest BCUT2D eigenvalue weighted by Gasteiger charge is 2.25. The zero-order chi connectivity index (χ0) is 21.7. The number of hydrogen-bond donors (Lipinski definition) is 2. The third-order valence-electron chi connectivity index (χ3n) is 6.67. The van der Waals surface area contributed by atoms with Crippen LogP contribution in [0.15, 0.2) is 36.2 Å². The number of aryl methyl sites for hydroxylation is 1. The Kier molecular flexibility index (Phi) is 4.80. The zero-order valence-corrected chi connectivity index (χ0v) is 18.5. The van der Waals surface area contributed by atoms with E-state index in [4.69, 9.17) is 10.7 Å². The van der Waals surface area contributed by atoms with Crippen LogP contribution in [0.25, 0.3) is 27.9 Å². The van der Waals surface area contributed by atoms with E-state index in [-0.39, 0.29) is 18.0 Å². The van der Waals surface area contributed by atoms with Crippen LogP contribution in [0, 0.1) is 0 Å². The molecule has 2 aliphatic rings. The first kappa shape index (κ1) is 19.6. The van der Waals surface area contributed by atoms with Gasteiger partial charge in [-0.25, -0.2) is 9.50 Å². The summed E-state index contributed by atoms with van der Waals surface area (Å²) in [7, 11) is 0. The molecule has 32 heavy (non-hydrogen) atoms. The number of nitrogens with two attached hydrogens (primary N) is 1. The number of rotatable bonds is 4. The molecule has 0 bridgehead atoms. The van der Waals surface area contributed by atoms with Gasteiger partial charge >= 0.3 is 0 Å². The SMILES string of the molecule is NC1CCCCC1NC(=O)c1cc(-c2cnn3cc(-c4cnn5c4CCC5)cnc23)cs1. The molecule has 1 amide bonds. The van der Waals surface area contributed by atoms with Crippen molar-refractivity contribution in [2.24, 2.45) is 5.73 Å². The molecule has 2 unspecified atom stereocenters. The highest BCUT2D eigenvalue weighted by atomic mass is 32.1. The fourth-order valence-electron chi connectivity index (χ4n) is 4.90. The molecule has 0 saturated heterocycles. The molecule has 1 aliphatic heterocycles. The molecule has 4 aromatic heterocycles. The van der Waals surface area contributed by atoms with Crippen LogP contribution in [0.1, 0.15) is 47.5 Å². The predicted octanol–water partition coefficient (Wildman–Crippen LogP) is 3.27. The van der Waals surface area contributed by atoms with Gasteiger partial charge in [-0.2, -0.15) is 10.2 Å². The molecular formula is C23H25N7OS. The minimum absolute atomic E-state index is 0.0439. The topological polar surface area (TPSA) is 103 Å². The monoisotopic (exact) mass is 447 g/mol. The maximum absolute atomic E-state index is 12.8. The number of thiophene rings is 1. The van der Waals surface area contributed by atoms with Crippen molar-refractivity contribution in [3.63, 3.8) is 0 Å². The molecule has 0 spiro atoms. The molecule has 1 aliphatic carbocycles. The smallest absolute Gasteiger partial charge is 0.261 e. The Hall–Kier alpha value is -3.04. The Morgan fingerprint density at radius 2 is 1.97 bits per heavy atom. The van der Waals surface area contributed by atoms with Gasteiger partial charge in [-0.15, -0.1) is 11.3 Å². The molecule has 6 rings (SSSR count). The van der Waals surface area contributed by atoms with Gasteiger partial charge in [-0.3, -0.25) is 9.48 Å². The summed E-state index contributed by atoms with van der Waals surface area (Å²) in [5, 5.41) is 14.1.